The van der Waals surface area contributed by atoms with Crippen LogP contribution in [0.4, 0.5) is 5.82 Å². The Balaban J connectivity index is 1.97. The van der Waals surface area contributed by atoms with Crippen LogP contribution in [0.5, 0.6) is 5.75 Å². The minimum atomic E-state index is -1.55. The van der Waals surface area contributed by atoms with Crippen molar-refractivity contribution in [3.8, 4) is 5.75 Å². The summed E-state index contributed by atoms with van der Waals surface area (Å²) in [5.74, 6) is 1.29. The molecule has 0 bridgehead atoms. The molecular formula is C12H19BN2O3. The summed E-state index contributed by atoms with van der Waals surface area (Å²) < 4.78 is 5.66. The largest absolute Gasteiger partial charge is 0.490 e. The van der Waals surface area contributed by atoms with Crippen molar-refractivity contribution in [1.29, 1.82) is 0 Å². The summed E-state index contributed by atoms with van der Waals surface area (Å²) >= 11 is 0. The summed E-state index contributed by atoms with van der Waals surface area (Å²) in [6, 6.07) is 1.54. The second-order valence-electron chi connectivity index (χ2n) is 4.84. The quantitative estimate of drug-likeness (QED) is 0.669. The molecule has 1 aromatic rings. The number of hydrogen-bond acceptors (Lipinski definition) is 5. The lowest BCUT2D eigenvalue weighted by Crippen LogP contribution is -2.30. The van der Waals surface area contributed by atoms with Crippen LogP contribution in [0.2, 0.25) is 0 Å². The van der Waals surface area contributed by atoms with Gasteiger partial charge in [0.2, 0.25) is 0 Å². The number of nitrogens with zero attached hydrogens (tertiary/aromatic N) is 1. The summed E-state index contributed by atoms with van der Waals surface area (Å²) in [6.07, 6.45) is 7.56. The van der Waals surface area contributed by atoms with Crippen LogP contribution in [0.25, 0.3) is 0 Å². The summed E-state index contributed by atoms with van der Waals surface area (Å²) in [6.45, 7) is 0.622. The number of rotatable bonds is 4. The van der Waals surface area contributed by atoms with Crippen LogP contribution in [-0.2, 0) is 0 Å². The molecule has 2 rings (SSSR count). The highest BCUT2D eigenvalue weighted by molar-refractivity contribution is 6.58. The topological polar surface area (TPSA) is 88.6 Å². The zero-order chi connectivity index (χ0) is 13.0. The Morgan fingerprint density at radius 1 is 1.33 bits per heavy atom. The van der Waals surface area contributed by atoms with Crippen LogP contribution in [0, 0.1) is 5.92 Å². The predicted molar refractivity (Wildman–Crippen MR) is 70.5 cm³/mol. The Kier molecular flexibility index (Phi) is 4.44. The molecule has 0 aliphatic heterocycles. The first-order chi connectivity index (χ1) is 8.66. The standard InChI is InChI=1S/C12H19BN2O3/c14-12-11(6-10(7-15-12)13(16)17)18-8-9-4-2-1-3-5-9/h6-7,9,16-17H,1-5,8H2,(H2,14,15). The molecule has 0 atom stereocenters. The lowest BCUT2D eigenvalue weighted by atomic mass is 9.81. The lowest BCUT2D eigenvalue weighted by Gasteiger charge is -2.22. The van der Waals surface area contributed by atoms with Crippen molar-refractivity contribution in [3.05, 3.63) is 12.3 Å². The van der Waals surface area contributed by atoms with Crippen molar-refractivity contribution in [2.45, 2.75) is 32.1 Å². The first kappa shape index (κ1) is 13.2. The average molecular weight is 250 g/mol. The maximum absolute atomic E-state index is 9.08. The van der Waals surface area contributed by atoms with Gasteiger partial charge in [-0.05, 0) is 24.8 Å². The zero-order valence-electron chi connectivity index (χ0n) is 10.4. The van der Waals surface area contributed by atoms with Gasteiger partial charge in [0.1, 0.15) is 0 Å². The Morgan fingerprint density at radius 2 is 2.06 bits per heavy atom. The van der Waals surface area contributed by atoms with Gasteiger partial charge in [-0.15, -0.1) is 0 Å². The summed E-state index contributed by atoms with van der Waals surface area (Å²) in [4.78, 5) is 3.90. The molecule has 0 amide bonds. The first-order valence-corrected chi connectivity index (χ1v) is 6.41. The fourth-order valence-electron chi connectivity index (χ4n) is 2.29. The molecule has 1 heterocycles. The molecule has 0 spiro atoms. The second kappa shape index (κ2) is 6.06. The van der Waals surface area contributed by atoms with Crippen molar-refractivity contribution in [3.63, 3.8) is 0 Å². The smallest absolute Gasteiger partial charge is 0.489 e. The van der Waals surface area contributed by atoms with Crippen molar-refractivity contribution < 1.29 is 14.8 Å². The fourth-order valence-corrected chi connectivity index (χ4v) is 2.29. The number of anilines is 1. The molecule has 6 heteroatoms. The van der Waals surface area contributed by atoms with E-state index in [9.17, 15) is 0 Å². The van der Waals surface area contributed by atoms with E-state index in [1.54, 1.807) is 0 Å². The molecule has 0 radical (unpaired) electrons. The highest BCUT2D eigenvalue weighted by Crippen LogP contribution is 2.25. The molecule has 0 saturated heterocycles. The molecule has 1 saturated carbocycles. The molecule has 1 aliphatic rings. The van der Waals surface area contributed by atoms with Crippen molar-refractivity contribution in [1.82, 2.24) is 4.98 Å². The number of ether oxygens (including phenoxy) is 1. The van der Waals surface area contributed by atoms with E-state index in [4.69, 9.17) is 20.5 Å². The molecule has 98 valence electrons. The van der Waals surface area contributed by atoms with Crippen LogP contribution < -0.4 is 15.9 Å². The van der Waals surface area contributed by atoms with Gasteiger partial charge in [-0.1, -0.05) is 19.3 Å². The highest BCUT2D eigenvalue weighted by Gasteiger charge is 2.17. The molecule has 1 aromatic heterocycles. The van der Waals surface area contributed by atoms with Gasteiger partial charge in [0.25, 0.3) is 0 Å². The third-order valence-corrected chi connectivity index (χ3v) is 3.40. The van der Waals surface area contributed by atoms with E-state index in [0.717, 1.165) is 0 Å². The van der Waals surface area contributed by atoms with E-state index in [2.05, 4.69) is 4.98 Å². The molecule has 0 unspecified atom stereocenters. The van der Waals surface area contributed by atoms with Crippen LogP contribution in [0.15, 0.2) is 12.3 Å². The van der Waals surface area contributed by atoms with Gasteiger partial charge in [-0.2, -0.15) is 0 Å². The normalized spacial score (nSPS) is 16.6. The Bertz CT molecular complexity index is 395. The van der Waals surface area contributed by atoms with E-state index in [-0.39, 0.29) is 5.82 Å². The third kappa shape index (κ3) is 3.37. The van der Waals surface area contributed by atoms with Crippen LogP contribution in [0.1, 0.15) is 32.1 Å². The third-order valence-electron chi connectivity index (χ3n) is 3.40. The Morgan fingerprint density at radius 3 is 2.72 bits per heavy atom. The Labute approximate surface area is 107 Å². The SMILES string of the molecule is Nc1ncc(B(O)O)cc1OCC1CCCCC1. The van der Waals surface area contributed by atoms with Gasteiger partial charge >= 0.3 is 7.12 Å². The van der Waals surface area contributed by atoms with Gasteiger partial charge in [0, 0.05) is 11.7 Å². The number of nitrogen functional groups attached to an aromatic ring is 1. The molecule has 1 fully saturated rings. The fraction of sp³-hybridized carbons (Fsp3) is 0.583. The molecule has 18 heavy (non-hydrogen) atoms. The predicted octanol–water partition coefficient (Wildman–Crippen LogP) is 0.303. The van der Waals surface area contributed by atoms with Crippen LogP contribution >= 0.6 is 0 Å². The number of nitrogens with two attached hydrogens (primary N) is 1. The number of aromatic nitrogens is 1. The summed E-state index contributed by atoms with van der Waals surface area (Å²) in [5, 5.41) is 18.2. The molecule has 5 nitrogen and oxygen atoms in total. The summed E-state index contributed by atoms with van der Waals surface area (Å²) in [7, 11) is -1.55. The van der Waals surface area contributed by atoms with Crippen molar-refractivity contribution >= 4 is 18.4 Å². The molecule has 1 aliphatic carbocycles. The minimum absolute atomic E-state index is 0.287. The van der Waals surface area contributed by atoms with Crippen molar-refractivity contribution in [2.75, 3.05) is 12.3 Å². The Hall–Kier alpha value is -1.27. The number of hydrogen-bond donors (Lipinski definition) is 3. The molecule has 4 N–H and O–H groups in total. The lowest BCUT2D eigenvalue weighted by molar-refractivity contribution is 0.209. The van der Waals surface area contributed by atoms with Crippen LogP contribution in [0.3, 0.4) is 0 Å². The number of pyridine rings is 1. The van der Waals surface area contributed by atoms with Crippen molar-refractivity contribution in [2.24, 2.45) is 5.92 Å². The maximum Gasteiger partial charge on any atom is 0.490 e. The van der Waals surface area contributed by atoms with E-state index in [0.29, 0.717) is 23.7 Å². The van der Waals surface area contributed by atoms with E-state index < -0.39 is 7.12 Å². The van der Waals surface area contributed by atoms with Gasteiger partial charge in [0.05, 0.1) is 6.61 Å². The maximum atomic E-state index is 9.08. The van der Waals surface area contributed by atoms with Gasteiger partial charge in [0.15, 0.2) is 11.6 Å². The van der Waals surface area contributed by atoms with Gasteiger partial charge in [-0.3, -0.25) is 0 Å². The van der Waals surface area contributed by atoms with Gasteiger partial charge < -0.3 is 20.5 Å². The molecular weight excluding hydrogens is 231 g/mol. The highest BCUT2D eigenvalue weighted by atomic mass is 16.5. The summed E-state index contributed by atoms with van der Waals surface area (Å²) in [5.41, 5.74) is 6.00. The second-order valence-corrected chi connectivity index (χ2v) is 4.84. The monoisotopic (exact) mass is 250 g/mol. The molecule has 0 aromatic carbocycles. The van der Waals surface area contributed by atoms with E-state index >= 15 is 0 Å². The first-order valence-electron chi connectivity index (χ1n) is 6.41. The minimum Gasteiger partial charge on any atom is -0.489 e. The van der Waals surface area contributed by atoms with E-state index in [1.165, 1.54) is 44.4 Å². The zero-order valence-corrected chi connectivity index (χ0v) is 10.4. The van der Waals surface area contributed by atoms with Gasteiger partial charge in [-0.25, -0.2) is 4.98 Å². The van der Waals surface area contributed by atoms with E-state index in [1.807, 2.05) is 0 Å². The van der Waals surface area contributed by atoms with Crippen LogP contribution in [-0.4, -0.2) is 28.8 Å². The average Bonchev–Trinajstić information content (AvgIpc) is 2.38.